The van der Waals surface area contributed by atoms with Gasteiger partial charge in [-0.1, -0.05) is 31.5 Å². The van der Waals surface area contributed by atoms with Gasteiger partial charge in [0.15, 0.2) is 0 Å². The zero-order valence-corrected chi connectivity index (χ0v) is 8.25. The van der Waals surface area contributed by atoms with Crippen LogP contribution in [-0.4, -0.2) is 5.11 Å². The molecule has 1 aromatic carbocycles. The van der Waals surface area contributed by atoms with E-state index in [1.807, 2.05) is 25.1 Å². The van der Waals surface area contributed by atoms with E-state index in [9.17, 15) is 5.11 Å². The Kier molecular flexibility index (Phi) is 3.32. The van der Waals surface area contributed by atoms with E-state index in [1.54, 1.807) is 0 Å². The maximum Gasteiger partial charge on any atom is 0.123 e. The molecular weight excluding hydrogens is 162 g/mol. The van der Waals surface area contributed by atoms with E-state index in [1.165, 1.54) is 0 Å². The quantitative estimate of drug-likeness (QED) is 0.748. The number of nitrogens with two attached hydrogens (primary N) is 1. The van der Waals surface area contributed by atoms with Gasteiger partial charge in [0.05, 0.1) is 0 Å². The molecule has 1 aromatic rings. The van der Waals surface area contributed by atoms with Crippen LogP contribution in [0, 0.1) is 6.92 Å². The van der Waals surface area contributed by atoms with Crippen molar-refractivity contribution in [3.63, 3.8) is 0 Å². The first-order valence-electron chi connectivity index (χ1n) is 4.70. The molecule has 0 heterocycles. The van der Waals surface area contributed by atoms with Gasteiger partial charge in [0, 0.05) is 11.6 Å². The molecule has 13 heavy (non-hydrogen) atoms. The molecule has 2 heteroatoms. The predicted molar refractivity (Wildman–Crippen MR) is 54.7 cm³/mol. The second kappa shape index (κ2) is 4.28. The van der Waals surface area contributed by atoms with E-state index in [-0.39, 0.29) is 6.04 Å². The number of hydrogen-bond acceptors (Lipinski definition) is 2. The van der Waals surface area contributed by atoms with Crippen molar-refractivity contribution >= 4 is 0 Å². The Labute approximate surface area is 79.4 Å². The predicted octanol–water partition coefficient (Wildman–Crippen LogP) is 2.50. The molecule has 0 aliphatic carbocycles. The molecule has 0 saturated heterocycles. The molecule has 0 spiro atoms. The fraction of sp³-hybridized carbons (Fsp3) is 0.455. The molecule has 72 valence electrons. The lowest BCUT2D eigenvalue weighted by Crippen LogP contribution is -2.10. The fourth-order valence-electron chi connectivity index (χ4n) is 1.45. The number of benzene rings is 1. The lowest BCUT2D eigenvalue weighted by Gasteiger charge is -2.13. The number of rotatable bonds is 3. The molecule has 0 aromatic heterocycles. The molecule has 0 bridgehead atoms. The average Bonchev–Trinajstić information content (AvgIpc) is 2.10. The molecule has 0 aliphatic rings. The van der Waals surface area contributed by atoms with Crippen LogP contribution in [0.3, 0.4) is 0 Å². The minimum atomic E-state index is -0.0371. The molecular formula is C11H17NO. The van der Waals surface area contributed by atoms with Crippen molar-refractivity contribution in [1.29, 1.82) is 0 Å². The van der Waals surface area contributed by atoms with Crippen LogP contribution < -0.4 is 5.73 Å². The smallest absolute Gasteiger partial charge is 0.123 e. The van der Waals surface area contributed by atoms with Crippen molar-refractivity contribution in [2.75, 3.05) is 0 Å². The summed E-state index contributed by atoms with van der Waals surface area (Å²) in [6.07, 6.45) is 1.95. The highest BCUT2D eigenvalue weighted by Crippen LogP contribution is 2.28. The van der Waals surface area contributed by atoms with Crippen LogP contribution in [0.4, 0.5) is 0 Å². The van der Waals surface area contributed by atoms with Crippen molar-refractivity contribution in [3.05, 3.63) is 29.3 Å². The van der Waals surface area contributed by atoms with E-state index >= 15 is 0 Å². The summed E-state index contributed by atoms with van der Waals surface area (Å²) in [5.41, 5.74) is 7.67. The van der Waals surface area contributed by atoms with Gasteiger partial charge in [-0.25, -0.2) is 0 Å². The van der Waals surface area contributed by atoms with E-state index in [0.717, 1.165) is 24.0 Å². The van der Waals surface area contributed by atoms with Crippen molar-refractivity contribution < 1.29 is 5.11 Å². The highest BCUT2D eigenvalue weighted by molar-refractivity contribution is 5.41. The second-order valence-electron chi connectivity index (χ2n) is 3.41. The van der Waals surface area contributed by atoms with Crippen LogP contribution in [-0.2, 0) is 0 Å². The Bertz CT molecular complexity index is 283. The van der Waals surface area contributed by atoms with Gasteiger partial charge in [-0.05, 0) is 18.9 Å². The van der Waals surface area contributed by atoms with Crippen molar-refractivity contribution in [2.24, 2.45) is 5.73 Å². The van der Waals surface area contributed by atoms with Crippen LogP contribution in [0.5, 0.6) is 5.75 Å². The van der Waals surface area contributed by atoms with Crippen molar-refractivity contribution in [3.8, 4) is 5.75 Å². The summed E-state index contributed by atoms with van der Waals surface area (Å²) < 4.78 is 0. The molecule has 2 nitrogen and oxygen atoms in total. The highest BCUT2D eigenvalue weighted by Gasteiger charge is 2.10. The zero-order valence-electron chi connectivity index (χ0n) is 8.25. The minimum Gasteiger partial charge on any atom is -0.507 e. The number of aromatic hydroxyl groups is 1. The van der Waals surface area contributed by atoms with Crippen LogP contribution in [0.1, 0.15) is 36.9 Å². The SMILES string of the molecule is CCC[C@@H](N)c1cccc(C)c1O. The van der Waals surface area contributed by atoms with Crippen LogP contribution in [0.2, 0.25) is 0 Å². The maximum atomic E-state index is 9.71. The number of hydrogen-bond donors (Lipinski definition) is 2. The van der Waals surface area contributed by atoms with Gasteiger partial charge in [0.25, 0.3) is 0 Å². The van der Waals surface area contributed by atoms with E-state index < -0.39 is 0 Å². The lowest BCUT2D eigenvalue weighted by molar-refractivity contribution is 0.454. The molecule has 0 saturated carbocycles. The summed E-state index contributed by atoms with van der Waals surface area (Å²) >= 11 is 0. The molecule has 1 rings (SSSR count). The zero-order chi connectivity index (χ0) is 9.84. The number of phenols is 1. The van der Waals surface area contributed by atoms with E-state index in [2.05, 4.69) is 6.92 Å². The summed E-state index contributed by atoms with van der Waals surface area (Å²) in [6.45, 7) is 3.98. The molecule has 0 unspecified atom stereocenters. The summed E-state index contributed by atoms with van der Waals surface area (Å²) in [7, 11) is 0. The largest absolute Gasteiger partial charge is 0.507 e. The molecule has 0 amide bonds. The van der Waals surface area contributed by atoms with Gasteiger partial charge >= 0.3 is 0 Å². The van der Waals surface area contributed by atoms with Gasteiger partial charge < -0.3 is 10.8 Å². The van der Waals surface area contributed by atoms with Crippen molar-refractivity contribution in [2.45, 2.75) is 32.7 Å². The van der Waals surface area contributed by atoms with Gasteiger partial charge in [-0.3, -0.25) is 0 Å². The fourth-order valence-corrected chi connectivity index (χ4v) is 1.45. The Morgan fingerprint density at radius 1 is 1.46 bits per heavy atom. The molecule has 0 aliphatic heterocycles. The van der Waals surface area contributed by atoms with Crippen molar-refractivity contribution in [1.82, 2.24) is 0 Å². The van der Waals surface area contributed by atoms with Gasteiger partial charge in [-0.2, -0.15) is 0 Å². The van der Waals surface area contributed by atoms with Crippen LogP contribution in [0.15, 0.2) is 18.2 Å². The topological polar surface area (TPSA) is 46.2 Å². The lowest BCUT2D eigenvalue weighted by atomic mass is 10.00. The van der Waals surface area contributed by atoms with Crippen LogP contribution in [0.25, 0.3) is 0 Å². The Balaban J connectivity index is 2.93. The van der Waals surface area contributed by atoms with Gasteiger partial charge in [-0.15, -0.1) is 0 Å². The summed E-state index contributed by atoms with van der Waals surface area (Å²) in [5.74, 6) is 0.350. The molecule has 0 radical (unpaired) electrons. The van der Waals surface area contributed by atoms with E-state index in [4.69, 9.17) is 5.73 Å². The molecule has 0 fully saturated rings. The van der Waals surface area contributed by atoms with Gasteiger partial charge in [0.2, 0.25) is 0 Å². The summed E-state index contributed by atoms with van der Waals surface area (Å²) in [6, 6.07) is 5.67. The first kappa shape index (κ1) is 10.1. The molecule has 1 atom stereocenters. The van der Waals surface area contributed by atoms with E-state index in [0.29, 0.717) is 5.75 Å². The van der Waals surface area contributed by atoms with Gasteiger partial charge in [0.1, 0.15) is 5.75 Å². The Hall–Kier alpha value is -1.02. The Morgan fingerprint density at radius 3 is 2.77 bits per heavy atom. The summed E-state index contributed by atoms with van der Waals surface area (Å²) in [5, 5.41) is 9.71. The number of phenolic OH excluding ortho intramolecular Hbond substituents is 1. The first-order chi connectivity index (χ1) is 6.16. The standard InChI is InChI=1S/C11H17NO/c1-3-5-10(12)9-7-4-6-8(2)11(9)13/h4,6-7,10,13H,3,5,12H2,1-2H3/t10-/m1/s1. The number of para-hydroxylation sites is 1. The average molecular weight is 179 g/mol. The number of aryl methyl sites for hydroxylation is 1. The second-order valence-corrected chi connectivity index (χ2v) is 3.41. The maximum absolute atomic E-state index is 9.71. The van der Waals surface area contributed by atoms with Crippen LogP contribution >= 0.6 is 0 Å². The monoisotopic (exact) mass is 179 g/mol. The normalized spacial score (nSPS) is 12.8. The third kappa shape index (κ3) is 2.22. The Morgan fingerprint density at radius 2 is 2.15 bits per heavy atom. The highest BCUT2D eigenvalue weighted by atomic mass is 16.3. The third-order valence-corrected chi connectivity index (χ3v) is 2.27. The summed E-state index contributed by atoms with van der Waals surface area (Å²) in [4.78, 5) is 0. The molecule has 3 N–H and O–H groups in total. The minimum absolute atomic E-state index is 0.0371. The first-order valence-corrected chi connectivity index (χ1v) is 4.70. The third-order valence-electron chi connectivity index (χ3n) is 2.27.